The van der Waals surface area contributed by atoms with Gasteiger partial charge in [-0.2, -0.15) is 23.1 Å². The molecule has 5 aromatic rings. The molecule has 2 aromatic heterocycles. The Labute approximate surface area is 560 Å². The second-order valence-electron chi connectivity index (χ2n) is 22.9. The summed E-state index contributed by atoms with van der Waals surface area (Å²) in [6.45, 7) is -2.64. The minimum absolute atomic E-state index is 0. The Morgan fingerprint density at radius 1 is 0.696 bits per heavy atom. The number of alkyl carbamates (subject to hydrolysis) is 1. The topological polar surface area (TPSA) is 408 Å². The molecule has 0 bridgehead atoms. The van der Waals surface area contributed by atoms with Crippen molar-refractivity contribution in [3.8, 4) is 16.9 Å². The average molecular weight is 2470 g/mol. The second-order valence-corrected chi connectivity index (χ2v) is 26.9. The fourth-order valence-electron chi connectivity index (χ4n) is 10.9. The number of carbonyl (C=O) groups is 4. The third kappa shape index (κ3) is 22.0. The van der Waals surface area contributed by atoms with Gasteiger partial charge in [-0.25, -0.2) is 38.0 Å². The fourth-order valence-corrected chi connectivity index (χ4v) is 13.0. The molecule has 3 aromatic carbocycles. The smallest absolute Gasteiger partial charge is 0.452 e. The molecule has 9 rings (SSSR count). The van der Waals surface area contributed by atoms with Crippen molar-refractivity contribution >= 4 is 82.2 Å². The molecule has 0 saturated carbocycles. The van der Waals surface area contributed by atoms with Crippen LogP contribution >= 0.6 is 23.5 Å². The number of fused-ring (bicyclic) bond motifs is 4. The summed E-state index contributed by atoms with van der Waals surface area (Å²) in [6.07, 6.45) is -7.44. The van der Waals surface area contributed by atoms with Crippen molar-refractivity contribution in [2.45, 2.75) is 69.6 Å². The Kier molecular flexibility index (Phi) is 28.8. The van der Waals surface area contributed by atoms with Crippen LogP contribution in [0.15, 0.2) is 66.7 Å². The molecular weight excluding hydrogens is 2390 g/mol. The van der Waals surface area contributed by atoms with E-state index >= 15 is 0 Å². The largest absolute Gasteiger partial charge is 0.530 e. The van der Waals surface area contributed by atoms with E-state index in [0.717, 1.165) is 83.9 Å². The van der Waals surface area contributed by atoms with E-state index in [1.807, 2.05) is 58.3 Å². The first-order valence-electron chi connectivity index (χ1n) is 31.2. The number of ether oxygens (including phenoxy) is 6. The van der Waals surface area contributed by atoms with Gasteiger partial charge in [-0.05, 0) is 78.5 Å². The first-order chi connectivity index (χ1) is 46.7. The number of phosphoric acid groups is 3. The number of likely N-dealkylation sites (N-methyl/N-ethyl adjacent to an activating group) is 1. The Bertz CT molecular complexity index is 3700. The molecule has 102 heavy (non-hydrogen) atoms. The monoisotopic (exact) mass is 2470 g/mol. The summed E-state index contributed by atoms with van der Waals surface area (Å²) in [5.74, 6) is -1.95. The van der Waals surface area contributed by atoms with Gasteiger partial charge in [0.05, 0.1) is 46.2 Å². The second kappa shape index (κ2) is 36.1. The van der Waals surface area contributed by atoms with Crippen LogP contribution in [-0.2, 0) is 71.6 Å². The number of amides is 2. The van der Waals surface area contributed by atoms with Gasteiger partial charge in [-0.3, -0.25) is 28.2 Å². The number of hydrogen-bond donors (Lipinski definition) is 6. The number of halogens is 3. The molecular formula is C59H77F3Fm4N11O22P3. The molecule has 3 fully saturated rings. The van der Waals surface area contributed by atoms with Crippen LogP contribution in [0.3, 0.4) is 0 Å². The van der Waals surface area contributed by atoms with Gasteiger partial charge in [0, 0.05) is 72.4 Å². The molecule has 1 aliphatic carbocycles. The molecule has 33 nitrogen and oxygen atoms in total. The summed E-state index contributed by atoms with van der Waals surface area (Å²) in [4.78, 5) is 118. The van der Waals surface area contributed by atoms with Crippen molar-refractivity contribution in [2.75, 3.05) is 152 Å². The zero-order valence-electron chi connectivity index (χ0n) is 54.6. The molecule has 584 valence electrons. The van der Waals surface area contributed by atoms with E-state index in [1.165, 1.54) is 19.0 Å². The predicted octanol–water partition coefficient (Wildman–Crippen LogP) is 6.15. The fraction of sp³-hybridized carbons (Fsp3) is 0.525. The minimum atomic E-state index is -5.30. The summed E-state index contributed by atoms with van der Waals surface area (Å²) in [5.41, 5.74) is 9.82. The van der Waals surface area contributed by atoms with Gasteiger partial charge >= 0.3 is 47.9 Å². The molecule has 43 heteroatoms. The molecule has 3 saturated heterocycles. The Morgan fingerprint density at radius 3 is 1.76 bits per heavy atom. The van der Waals surface area contributed by atoms with Crippen LogP contribution in [0, 0.1) is 0 Å². The standard InChI is InChI=1S/C59H77F3N11O22P3.4Fm/c1-69(2)48(74)38-88-53(75)45-33-39(17-18-47(45)95-98(84)92-35-40(36-93-98)94-97(81,82)83)34-89-57(76)68-54(59(60,61)62)86-30-25-73(27-32-91-96(78,79)80)56-65-50-49(52(67-56)71-22-11-4-12-23-71)64-55(66-51(50)70-20-9-3-10-21-70)72(24-29-85-28-19-63)26-31-87-58(77)90-37-46-43-15-7-5-13-41(43)42-14-6-8-16-44(42)46;;;;/h5-8,13-18,33,40,46,54H,3-4,9-12,19-32,34-38,63H2,1-2H3,(H,68,76)(H2,78,79,80)(H2,81,82,83);;;;. The number of anilines is 4. The minimum Gasteiger partial charge on any atom is -0.452 e. The van der Waals surface area contributed by atoms with Crippen LogP contribution in [0.4, 0.5) is 46.3 Å². The van der Waals surface area contributed by atoms with Crippen LogP contribution in [0.25, 0.3) is 22.2 Å². The summed E-state index contributed by atoms with van der Waals surface area (Å²) in [6, 6.07) is 19.0. The van der Waals surface area contributed by atoms with E-state index in [2.05, 4.69) is 4.52 Å². The van der Waals surface area contributed by atoms with Gasteiger partial charge in [0.2, 0.25) is 18.1 Å². The summed E-state index contributed by atoms with van der Waals surface area (Å²) >= 11 is 0. The van der Waals surface area contributed by atoms with E-state index in [4.69, 9.17) is 82.0 Å². The molecule has 2 amide bonds. The van der Waals surface area contributed by atoms with Crippen molar-refractivity contribution in [1.29, 1.82) is 0 Å². The summed E-state index contributed by atoms with van der Waals surface area (Å²) in [5, 5.41) is 1.62. The van der Waals surface area contributed by atoms with Gasteiger partial charge in [-0.15, -0.1) is 0 Å². The summed E-state index contributed by atoms with van der Waals surface area (Å²) < 4.78 is 139. The maximum atomic E-state index is 14.8. The molecule has 1 atom stereocenters. The number of nitrogens with zero attached hydrogens (tertiary/aromatic N) is 9. The van der Waals surface area contributed by atoms with Gasteiger partial charge < -0.3 is 82.8 Å². The van der Waals surface area contributed by atoms with Crippen molar-refractivity contribution in [2.24, 2.45) is 5.73 Å². The summed E-state index contributed by atoms with van der Waals surface area (Å²) in [7, 11) is -12.0. The number of esters is 1. The quantitative estimate of drug-likeness (QED) is 0.00923. The molecule has 0 radical (unpaired) electrons. The Morgan fingerprint density at radius 2 is 1.24 bits per heavy atom. The molecule has 5 heterocycles. The number of phosphoric ester groups is 3. The van der Waals surface area contributed by atoms with Gasteiger partial charge in [0.25, 0.3) is 5.91 Å². The number of aromatic nitrogens is 4. The number of benzene rings is 3. The van der Waals surface area contributed by atoms with E-state index in [9.17, 15) is 55.8 Å². The van der Waals surface area contributed by atoms with Crippen LogP contribution in [-0.4, -0.2) is 220 Å². The van der Waals surface area contributed by atoms with Crippen molar-refractivity contribution < 1.29 is 117 Å². The number of piperidine rings is 2. The zero-order chi connectivity index (χ0) is 70.2. The van der Waals surface area contributed by atoms with Crippen LogP contribution < -0.4 is 35.2 Å². The average Bonchev–Trinajstić information content (AvgIpc) is 1.16. The third-order valence-corrected chi connectivity index (χ3v) is 18.1. The number of hydrogen-bond acceptors (Lipinski definition) is 27. The van der Waals surface area contributed by atoms with Gasteiger partial charge in [-0.1, -0.05) is 54.6 Å². The van der Waals surface area contributed by atoms with E-state index in [-0.39, 0.29) is 75.0 Å². The third-order valence-electron chi connectivity index (χ3n) is 15.6. The number of nitrogens with one attached hydrogen (secondary N) is 1. The van der Waals surface area contributed by atoms with E-state index in [0.29, 0.717) is 43.3 Å². The molecule has 1 unspecified atom stereocenters. The molecule has 0 spiro atoms. The Balaban J connectivity index is 0.00000468. The van der Waals surface area contributed by atoms with Gasteiger partial charge in [0.1, 0.15) is 48.3 Å². The van der Waals surface area contributed by atoms with E-state index in [1.54, 1.807) is 10.2 Å². The Hall–Kier alpha value is -11.4. The normalized spacial score (nSPS) is 17.0. The molecule has 7 N–H and O–H groups in total. The molecule has 3 aliphatic heterocycles. The van der Waals surface area contributed by atoms with Crippen LogP contribution in [0.1, 0.15) is 71.5 Å². The van der Waals surface area contributed by atoms with Crippen LogP contribution in [0.2, 0.25) is 0 Å². The number of alkyl halides is 3. The van der Waals surface area contributed by atoms with Crippen molar-refractivity contribution in [3.63, 3.8) is 0 Å². The predicted molar refractivity (Wildman–Crippen MR) is 342 cm³/mol. The van der Waals surface area contributed by atoms with Gasteiger partial charge in [0.15, 0.2) is 18.2 Å². The van der Waals surface area contributed by atoms with Crippen molar-refractivity contribution in [1.82, 2.24) is 30.2 Å². The SMILES string of the molecule is CN(C)C(=O)COC(=O)c1cc(COC(=O)NC(OCCN(CCOP(=O)(O)O)c2nc(N3CCCCC3)c3nc(N(CCOCCN)CCOC(=O)OCC4c5ccccc5-c5ccccc54)nc(N4CCCCC4)c3n2)C(F)(F)F)ccc1OP1(=O)OCC(OP(=O)(O)O)CO1.[Fm].[Fm].[Fm].[Fm]. The number of nitrogens with two attached hydrogens (primary N) is 1. The first-order valence-corrected chi connectivity index (χ1v) is 35.8. The number of rotatable bonds is 32. The zero-order valence-corrected chi connectivity index (χ0v) is 66.9. The maximum Gasteiger partial charge on any atom is 0.530 e. The van der Waals surface area contributed by atoms with E-state index < -0.39 is 130 Å². The first kappa shape index (κ1) is 81.3. The van der Waals surface area contributed by atoms with Crippen LogP contribution in [0.5, 0.6) is 5.75 Å². The maximum absolute atomic E-state index is 14.8. The van der Waals surface area contributed by atoms with Crippen molar-refractivity contribution in [3.05, 3.63) is 89.0 Å². The molecule has 4 aliphatic rings. The number of carbonyl (C=O) groups excluding carboxylic acids is 4.